The molecule has 0 aromatic heterocycles. The summed E-state index contributed by atoms with van der Waals surface area (Å²) in [5, 5.41) is 9.93. The lowest BCUT2D eigenvalue weighted by molar-refractivity contribution is -0.152. The molecule has 3 atom stereocenters. The predicted octanol–water partition coefficient (Wildman–Crippen LogP) is 6.14. The van der Waals surface area contributed by atoms with E-state index >= 15 is 0 Å². The van der Waals surface area contributed by atoms with Crippen LogP contribution in [0.5, 0.6) is 0 Å². The minimum atomic E-state index is -4.26. The Bertz CT molecular complexity index is 790. The zero-order chi connectivity index (χ0) is 28.5. The number of nitrogens with zero attached hydrogens (tertiary/aromatic N) is 1. The zero-order valence-electron chi connectivity index (χ0n) is 23.7. The molecule has 0 heterocycles. The molecule has 0 aliphatic heterocycles. The van der Waals surface area contributed by atoms with Gasteiger partial charge in [0.25, 0.3) is 0 Å². The minimum absolute atomic E-state index is 0.0158. The molecular formula is C29H50NO7P. The third kappa shape index (κ3) is 23.3. The summed E-state index contributed by atoms with van der Waals surface area (Å²) in [7, 11) is -0.657. The number of aliphatic hydroxyl groups is 1. The fourth-order valence-electron chi connectivity index (χ4n) is 3.06. The molecule has 218 valence electrons. The Labute approximate surface area is 230 Å². The van der Waals surface area contributed by atoms with Gasteiger partial charge in [0, 0.05) is 6.54 Å². The molecule has 9 heteroatoms. The molecular weight excluding hydrogens is 505 g/mol. The monoisotopic (exact) mass is 555 g/mol. The average Bonchev–Trinajstić information content (AvgIpc) is 2.87. The Morgan fingerprint density at radius 2 is 1.37 bits per heavy atom. The number of likely N-dealkylation sites (N-methyl/N-ethyl adjacent to an activating group) is 1. The number of carbonyl (C=O) groups excluding carboxylic acids is 1. The van der Waals surface area contributed by atoms with Crippen molar-refractivity contribution >= 4 is 13.8 Å². The SMILES string of the molecule is CC/C=C\C/C=C\C/C=C\C/C=C\C/C=C\CCC(CC)C(=O)OCC(O)COP(=O)(O)OCCN(C)C. The van der Waals surface area contributed by atoms with E-state index in [1.807, 2.05) is 6.92 Å². The predicted molar refractivity (Wildman–Crippen MR) is 155 cm³/mol. The number of ether oxygens (including phenoxy) is 1. The molecule has 0 aliphatic carbocycles. The highest BCUT2D eigenvalue weighted by Crippen LogP contribution is 2.42. The van der Waals surface area contributed by atoms with Crippen molar-refractivity contribution in [1.82, 2.24) is 4.90 Å². The highest BCUT2D eigenvalue weighted by molar-refractivity contribution is 7.47. The maximum atomic E-state index is 12.3. The van der Waals surface area contributed by atoms with Crippen LogP contribution in [0.3, 0.4) is 0 Å². The summed E-state index contributed by atoms with van der Waals surface area (Å²) >= 11 is 0. The van der Waals surface area contributed by atoms with Gasteiger partial charge >= 0.3 is 13.8 Å². The van der Waals surface area contributed by atoms with E-state index in [2.05, 4.69) is 67.7 Å². The summed E-state index contributed by atoms with van der Waals surface area (Å²) in [6, 6.07) is 0. The summed E-state index contributed by atoms with van der Waals surface area (Å²) in [6.45, 7) is 3.73. The van der Waals surface area contributed by atoms with Gasteiger partial charge < -0.3 is 19.6 Å². The van der Waals surface area contributed by atoms with Crippen molar-refractivity contribution in [3.05, 3.63) is 60.8 Å². The number of rotatable bonds is 23. The molecule has 0 saturated heterocycles. The second-order valence-electron chi connectivity index (χ2n) is 9.08. The molecule has 0 radical (unpaired) electrons. The smallest absolute Gasteiger partial charge is 0.463 e. The van der Waals surface area contributed by atoms with Crippen molar-refractivity contribution in [3.8, 4) is 0 Å². The van der Waals surface area contributed by atoms with E-state index in [9.17, 15) is 19.4 Å². The van der Waals surface area contributed by atoms with Gasteiger partial charge in [-0.2, -0.15) is 0 Å². The Kier molecular flexibility index (Phi) is 23.1. The Morgan fingerprint density at radius 1 is 0.842 bits per heavy atom. The molecule has 8 nitrogen and oxygen atoms in total. The molecule has 2 N–H and O–H groups in total. The maximum Gasteiger partial charge on any atom is 0.472 e. The third-order valence-corrected chi connectivity index (χ3v) is 6.29. The van der Waals surface area contributed by atoms with E-state index in [0.29, 0.717) is 19.4 Å². The first-order valence-corrected chi connectivity index (χ1v) is 15.1. The van der Waals surface area contributed by atoms with E-state index in [4.69, 9.17) is 13.8 Å². The van der Waals surface area contributed by atoms with E-state index < -0.39 is 26.5 Å². The van der Waals surface area contributed by atoms with Gasteiger partial charge in [-0.1, -0.05) is 74.6 Å². The lowest BCUT2D eigenvalue weighted by Crippen LogP contribution is -2.26. The summed E-state index contributed by atoms with van der Waals surface area (Å²) < 4.78 is 26.5. The fourth-order valence-corrected chi connectivity index (χ4v) is 3.80. The number of hydrogen-bond donors (Lipinski definition) is 2. The van der Waals surface area contributed by atoms with E-state index in [-0.39, 0.29) is 19.1 Å². The molecule has 0 aromatic carbocycles. The van der Waals surface area contributed by atoms with Gasteiger partial charge in [0.05, 0.1) is 19.1 Å². The topological polar surface area (TPSA) is 106 Å². The van der Waals surface area contributed by atoms with Crippen LogP contribution in [0, 0.1) is 5.92 Å². The van der Waals surface area contributed by atoms with Crippen LogP contribution in [0.4, 0.5) is 0 Å². The lowest BCUT2D eigenvalue weighted by Gasteiger charge is -2.18. The summed E-state index contributed by atoms with van der Waals surface area (Å²) in [5.41, 5.74) is 0. The second-order valence-corrected chi connectivity index (χ2v) is 10.5. The minimum Gasteiger partial charge on any atom is -0.463 e. The largest absolute Gasteiger partial charge is 0.472 e. The van der Waals surface area contributed by atoms with E-state index in [1.54, 1.807) is 19.0 Å². The Balaban J connectivity index is 4.04. The molecule has 0 spiro atoms. The van der Waals surface area contributed by atoms with E-state index in [1.165, 1.54) is 0 Å². The van der Waals surface area contributed by atoms with Crippen molar-refractivity contribution < 1.29 is 33.1 Å². The number of hydrogen-bond acceptors (Lipinski definition) is 7. The second kappa shape index (κ2) is 24.3. The lowest BCUT2D eigenvalue weighted by atomic mass is 10.0. The van der Waals surface area contributed by atoms with Gasteiger partial charge in [0.2, 0.25) is 0 Å². The summed E-state index contributed by atoms with van der Waals surface area (Å²) in [6.07, 6.45) is 27.1. The molecule has 0 aromatic rings. The number of esters is 1. The molecule has 38 heavy (non-hydrogen) atoms. The van der Waals surface area contributed by atoms with Crippen molar-refractivity contribution in [1.29, 1.82) is 0 Å². The molecule has 0 amide bonds. The van der Waals surface area contributed by atoms with Gasteiger partial charge in [0.15, 0.2) is 0 Å². The van der Waals surface area contributed by atoms with Crippen LogP contribution in [0.25, 0.3) is 0 Å². The molecule has 0 fully saturated rings. The summed E-state index contributed by atoms with van der Waals surface area (Å²) in [4.78, 5) is 23.7. The first-order valence-electron chi connectivity index (χ1n) is 13.6. The van der Waals surface area contributed by atoms with Crippen LogP contribution < -0.4 is 0 Å². The molecule has 0 saturated carbocycles. The summed E-state index contributed by atoms with van der Waals surface area (Å²) in [5.74, 6) is -0.670. The van der Waals surface area contributed by atoms with Gasteiger partial charge in [-0.05, 0) is 65.5 Å². The zero-order valence-corrected chi connectivity index (χ0v) is 24.6. The third-order valence-electron chi connectivity index (χ3n) is 5.31. The average molecular weight is 556 g/mol. The molecule has 0 rings (SSSR count). The highest BCUT2D eigenvalue weighted by Gasteiger charge is 2.24. The quantitative estimate of drug-likeness (QED) is 0.0880. The number of phosphoric acid groups is 1. The number of carbonyl (C=O) groups is 1. The fraction of sp³-hybridized carbons (Fsp3) is 0.621. The number of aliphatic hydroxyl groups excluding tert-OH is 1. The van der Waals surface area contributed by atoms with Crippen LogP contribution in [0.2, 0.25) is 0 Å². The van der Waals surface area contributed by atoms with Gasteiger partial charge in [-0.15, -0.1) is 0 Å². The van der Waals surface area contributed by atoms with Crippen LogP contribution >= 0.6 is 7.82 Å². The normalized spacial score (nSPS) is 16.0. The van der Waals surface area contributed by atoms with Crippen LogP contribution in [0.1, 0.15) is 65.2 Å². The van der Waals surface area contributed by atoms with Crippen molar-refractivity contribution in [2.45, 2.75) is 71.3 Å². The molecule has 3 unspecified atom stereocenters. The van der Waals surface area contributed by atoms with Gasteiger partial charge in [-0.25, -0.2) is 4.57 Å². The van der Waals surface area contributed by atoms with Gasteiger partial charge in [0.1, 0.15) is 12.7 Å². The number of phosphoric ester groups is 1. The standard InChI is InChI=1S/C29H50NO7P/c1-5-7-8-9-10-11-12-13-14-15-16-17-18-19-20-21-22-27(6-2)29(32)35-25-28(31)26-37-38(33,34)36-24-23-30(3)4/h7-8,10-11,13-14,16-17,19-20,27-28,31H,5-6,9,12,15,18,21-26H2,1-4H3,(H,33,34)/b8-7-,11-10-,14-13-,17-16-,20-19-. The van der Waals surface area contributed by atoms with Crippen LogP contribution in [-0.4, -0.2) is 67.4 Å². The Morgan fingerprint density at radius 3 is 1.87 bits per heavy atom. The first-order chi connectivity index (χ1) is 18.2. The van der Waals surface area contributed by atoms with Crippen molar-refractivity contribution in [2.75, 3.05) is 40.5 Å². The van der Waals surface area contributed by atoms with Crippen LogP contribution in [0.15, 0.2) is 60.8 Å². The highest BCUT2D eigenvalue weighted by atomic mass is 31.2. The van der Waals surface area contributed by atoms with Crippen LogP contribution in [-0.2, 0) is 23.1 Å². The van der Waals surface area contributed by atoms with E-state index in [0.717, 1.165) is 38.5 Å². The van der Waals surface area contributed by atoms with Crippen molar-refractivity contribution in [2.24, 2.45) is 5.92 Å². The maximum absolute atomic E-state index is 12.3. The first kappa shape index (κ1) is 36.2. The molecule has 0 aliphatic rings. The molecule has 0 bridgehead atoms. The van der Waals surface area contributed by atoms with Gasteiger partial charge in [-0.3, -0.25) is 13.8 Å². The van der Waals surface area contributed by atoms with Crippen molar-refractivity contribution in [3.63, 3.8) is 0 Å². The number of allylic oxidation sites excluding steroid dienone is 10. The Hall–Kier alpha value is -1.80.